The van der Waals surface area contributed by atoms with Crippen molar-refractivity contribution in [1.29, 1.82) is 0 Å². The minimum absolute atomic E-state index is 0.0215. The van der Waals surface area contributed by atoms with E-state index in [1.807, 2.05) is 36.4 Å². The Kier molecular flexibility index (Phi) is 5.13. The minimum Gasteiger partial charge on any atom is -0.465 e. The predicted octanol–water partition coefficient (Wildman–Crippen LogP) is 4.86. The number of benzene rings is 1. The van der Waals surface area contributed by atoms with Gasteiger partial charge in [-0.15, -0.1) is 0 Å². The summed E-state index contributed by atoms with van der Waals surface area (Å²) in [5.74, 6) is 1.21. The van der Waals surface area contributed by atoms with E-state index in [2.05, 4.69) is 18.3 Å². The second-order valence-electron chi connectivity index (χ2n) is 8.42. The summed E-state index contributed by atoms with van der Waals surface area (Å²) in [6.07, 6.45) is 7.43. The van der Waals surface area contributed by atoms with Gasteiger partial charge < -0.3 is 14.5 Å². The number of hydrogen-bond acceptors (Lipinski definition) is 4. The van der Waals surface area contributed by atoms with Gasteiger partial charge in [0.15, 0.2) is 0 Å². The SMILES string of the molecule is CC1C/C(=C/c2ccco2)c2nc3ccccc3c(C(=O)NC3CCCOC3)c2C1. The molecule has 2 atom stereocenters. The molecule has 5 nitrogen and oxygen atoms in total. The summed E-state index contributed by atoms with van der Waals surface area (Å²) in [7, 11) is 0. The number of carbonyl (C=O) groups is 1. The van der Waals surface area contributed by atoms with E-state index in [1.165, 1.54) is 0 Å². The van der Waals surface area contributed by atoms with Gasteiger partial charge in [0.2, 0.25) is 0 Å². The Morgan fingerprint density at radius 3 is 2.90 bits per heavy atom. The fraction of sp³-hybridized carbons (Fsp3) is 0.360. The molecule has 3 aromatic rings. The number of aromatic nitrogens is 1. The molecular formula is C25H26N2O3. The summed E-state index contributed by atoms with van der Waals surface area (Å²) >= 11 is 0. The molecule has 1 aromatic carbocycles. The molecule has 1 aliphatic heterocycles. The first-order valence-electron chi connectivity index (χ1n) is 10.7. The molecule has 1 amide bonds. The van der Waals surface area contributed by atoms with Gasteiger partial charge in [-0.05, 0) is 67.0 Å². The number of nitrogens with one attached hydrogen (secondary N) is 1. The number of pyridine rings is 1. The highest BCUT2D eigenvalue weighted by atomic mass is 16.5. The van der Waals surface area contributed by atoms with Crippen LogP contribution in [0, 0.1) is 5.92 Å². The van der Waals surface area contributed by atoms with E-state index in [0.29, 0.717) is 12.5 Å². The first-order chi connectivity index (χ1) is 14.7. The summed E-state index contributed by atoms with van der Waals surface area (Å²) in [6.45, 7) is 3.58. The number of ether oxygens (including phenoxy) is 1. The summed E-state index contributed by atoms with van der Waals surface area (Å²) in [4.78, 5) is 18.5. The van der Waals surface area contributed by atoms with Gasteiger partial charge in [-0.2, -0.15) is 0 Å². The molecule has 1 N–H and O–H groups in total. The van der Waals surface area contributed by atoms with Gasteiger partial charge in [0.05, 0.1) is 35.7 Å². The Bertz CT molecular complexity index is 1100. The highest BCUT2D eigenvalue weighted by Gasteiger charge is 2.29. The summed E-state index contributed by atoms with van der Waals surface area (Å²) < 4.78 is 11.1. The average Bonchev–Trinajstić information content (AvgIpc) is 3.26. The molecular weight excluding hydrogens is 376 g/mol. The van der Waals surface area contributed by atoms with Crippen LogP contribution in [0.1, 0.15) is 53.6 Å². The topological polar surface area (TPSA) is 64.4 Å². The number of rotatable bonds is 3. The number of nitrogens with zero attached hydrogens (tertiary/aromatic N) is 1. The lowest BCUT2D eigenvalue weighted by Gasteiger charge is -2.28. The van der Waals surface area contributed by atoms with Gasteiger partial charge in [-0.3, -0.25) is 4.79 Å². The van der Waals surface area contributed by atoms with E-state index in [4.69, 9.17) is 14.1 Å². The van der Waals surface area contributed by atoms with Crippen LogP contribution in [0.5, 0.6) is 0 Å². The first kappa shape index (κ1) is 19.1. The molecule has 0 bridgehead atoms. The van der Waals surface area contributed by atoms with Gasteiger partial charge in [-0.25, -0.2) is 4.98 Å². The Labute approximate surface area is 176 Å². The molecule has 154 valence electrons. The van der Waals surface area contributed by atoms with Crippen molar-refractivity contribution in [3.8, 4) is 0 Å². The largest absolute Gasteiger partial charge is 0.465 e. The maximum absolute atomic E-state index is 13.5. The molecule has 0 radical (unpaired) electrons. The van der Waals surface area contributed by atoms with Gasteiger partial charge in [-0.1, -0.05) is 25.1 Å². The van der Waals surface area contributed by atoms with Crippen molar-refractivity contribution < 1.29 is 13.9 Å². The third kappa shape index (κ3) is 3.65. The molecule has 5 rings (SSSR count). The molecule has 0 saturated carbocycles. The second-order valence-corrected chi connectivity index (χ2v) is 8.42. The number of para-hydroxylation sites is 1. The number of hydrogen-bond donors (Lipinski definition) is 1. The zero-order chi connectivity index (χ0) is 20.5. The van der Waals surface area contributed by atoms with Crippen LogP contribution in [-0.2, 0) is 11.2 Å². The number of carbonyl (C=O) groups excluding carboxylic acids is 1. The van der Waals surface area contributed by atoms with E-state index >= 15 is 0 Å². The Hall–Kier alpha value is -2.92. The maximum atomic E-state index is 13.5. The van der Waals surface area contributed by atoms with Gasteiger partial charge in [0.25, 0.3) is 5.91 Å². The van der Waals surface area contributed by atoms with Crippen LogP contribution in [0.25, 0.3) is 22.6 Å². The number of furan rings is 1. The van der Waals surface area contributed by atoms with Gasteiger partial charge >= 0.3 is 0 Å². The average molecular weight is 402 g/mol. The molecule has 3 heterocycles. The summed E-state index contributed by atoms with van der Waals surface area (Å²) in [6, 6.07) is 11.8. The number of allylic oxidation sites excluding steroid dienone is 1. The summed E-state index contributed by atoms with van der Waals surface area (Å²) in [5.41, 5.74) is 4.70. The van der Waals surface area contributed by atoms with Crippen LogP contribution < -0.4 is 5.32 Å². The quantitative estimate of drug-likeness (QED) is 0.680. The van der Waals surface area contributed by atoms with Crippen molar-refractivity contribution in [3.05, 3.63) is 65.2 Å². The molecule has 1 fully saturated rings. The minimum atomic E-state index is -0.0215. The third-order valence-corrected chi connectivity index (χ3v) is 6.00. The Morgan fingerprint density at radius 2 is 2.10 bits per heavy atom. The molecule has 2 aliphatic rings. The van der Waals surface area contributed by atoms with Crippen molar-refractivity contribution in [2.45, 2.75) is 38.6 Å². The van der Waals surface area contributed by atoms with E-state index in [-0.39, 0.29) is 11.9 Å². The van der Waals surface area contributed by atoms with Crippen LogP contribution in [-0.4, -0.2) is 30.1 Å². The second kappa shape index (κ2) is 8.07. The third-order valence-electron chi connectivity index (χ3n) is 6.00. The van der Waals surface area contributed by atoms with Crippen LogP contribution in [0.15, 0.2) is 47.1 Å². The zero-order valence-electron chi connectivity index (χ0n) is 17.2. The van der Waals surface area contributed by atoms with Crippen LogP contribution in [0.2, 0.25) is 0 Å². The highest BCUT2D eigenvalue weighted by Crippen LogP contribution is 2.38. The van der Waals surface area contributed by atoms with Crippen molar-refractivity contribution in [3.63, 3.8) is 0 Å². The summed E-state index contributed by atoms with van der Waals surface area (Å²) in [5, 5.41) is 4.14. The van der Waals surface area contributed by atoms with Crippen molar-refractivity contribution in [2.75, 3.05) is 13.2 Å². The Balaban J connectivity index is 1.64. The van der Waals surface area contributed by atoms with Gasteiger partial charge in [0.1, 0.15) is 5.76 Å². The monoisotopic (exact) mass is 402 g/mol. The van der Waals surface area contributed by atoms with E-state index < -0.39 is 0 Å². The molecule has 30 heavy (non-hydrogen) atoms. The maximum Gasteiger partial charge on any atom is 0.252 e. The molecule has 2 aromatic heterocycles. The predicted molar refractivity (Wildman–Crippen MR) is 117 cm³/mol. The Morgan fingerprint density at radius 1 is 1.20 bits per heavy atom. The molecule has 1 aliphatic carbocycles. The smallest absolute Gasteiger partial charge is 0.252 e. The van der Waals surface area contributed by atoms with Gasteiger partial charge in [0, 0.05) is 12.0 Å². The lowest BCUT2D eigenvalue weighted by atomic mass is 9.80. The lowest BCUT2D eigenvalue weighted by molar-refractivity contribution is 0.0624. The van der Waals surface area contributed by atoms with E-state index in [9.17, 15) is 4.79 Å². The standard InChI is InChI=1S/C25H26N2O3/c1-16-12-17(14-19-7-5-11-30-19)24-21(13-16)23(20-8-2-3-9-22(20)27-24)25(28)26-18-6-4-10-29-15-18/h2-3,5,7-9,11,14,16,18H,4,6,10,12-13,15H2,1H3,(H,26,28)/b17-14-. The van der Waals surface area contributed by atoms with Crippen molar-refractivity contribution in [2.24, 2.45) is 5.92 Å². The fourth-order valence-corrected chi connectivity index (χ4v) is 4.65. The number of amides is 1. The van der Waals surface area contributed by atoms with E-state index in [0.717, 1.165) is 71.3 Å². The molecule has 2 unspecified atom stereocenters. The molecule has 5 heteroatoms. The number of fused-ring (bicyclic) bond motifs is 2. The lowest BCUT2D eigenvalue weighted by Crippen LogP contribution is -2.41. The van der Waals surface area contributed by atoms with Crippen molar-refractivity contribution >= 4 is 28.5 Å². The van der Waals surface area contributed by atoms with Crippen LogP contribution >= 0.6 is 0 Å². The normalized spacial score (nSPS) is 22.8. The van der Waals surface area contributed by atoms with E-state index in [1.54, 1.807) is 6.26 Å². The van der Waals surface area contributed by atoms with Crippen LogP contribution in [0.4, 0.5) is 0 Å². The highest BCUT2D eigenvalue weighted by molar-refractivity contribution is 6.09. The first-order valence-corrected chi connectivity index (χ1v) is 10.7. The molecule has 1 saturated heterocycles. The van der Waals surface area contributed by atoms with Crippen LogP contribution in [0.3, 0.4) is 0 Å². The molecule has 0 spiro atoms. The zero-order valence-corrected chi connectivity index (χ0v) is 17.2. The fourth-order valence-electron chi connectivity index (χ4n) is 4.65. The van der Waals surface area contributed by atoms with Crippen molar-refractivity contribution in [1.82, 2.24) is 10.3 Å².